The van der Waals surface area contributed by atoms with E-state index >= 15 is 0 Å². The van der Waals surface area contributed by atoms with Crippen LogP contribution in [-0.2, 0) is 10.0 Å². The third-order valence-corrected chi connectivity index (χ3v) is 3.82. The molecule has 0 amide bonds. The lowest BCUT2D eigenvalue weighted by Gasteiger charge is -2.11. The Morgan fingerprint density at radius 1 is 1.42 bits per heavy atom. The molecule has 0 aromatic heterocycles. The average Bonchev–Trinajstić information content (AvgIpc) is 2.27. The maximum Gasteiger partial charge on any atom is 0.292 e. The second-order valence-electron chi connectivity index (χ2n) is 4.18. The Morgan fingerprint density at radius 3 is 2.53 bits per heavy atom. The van der Waals surface area contributed by atoms with Gasteiger partial charge in [0, 0.05) is 19.2 Å². The topological polar surface area (TPSA) is 119 Å². The molecule has 0 spiro atoms. The molecule has 0 bridgehead atoms. The molecule has 3 N–H and O–H groups in total. The van der Waals surface area contributed by atoms with Crippen molar-refractivity contribution in [1.82, 2.24) is 9.62 Å². The van der Waals surface area contributed by atoms with Crippen LogP contribution in [0.15, 0.2) is 23.1 Å². The van der Waals surface area contributed by atoms with Gasteiger partial charge in [0.15, 0.2) is 0 Å². The van der Waals surface area contributed by atoms with Crippen molar-refractivity contribution in [1.29, 1.82) is 0 Å². The summed E-state index contributed by atoms with van der Waals surface area (Å²) < 4.78 is 26.2. The van der Waals surface area contributed by atoms with Crippen LogP contribution < -0.4 is 10.5 Å². The van der Waals surface area contributed by atoms with Crippen LogP contribution in [0.5, 0.6) is 0 Å². The predicted molar refractivity (Wildman–Crippen MR) is 71.3 cm³/mol. The second kappa shape index (κ2) is 5.95. The fraction of sp³-hybridized carbons (Fsp3) is 0.400. The fourth-order valence-corrected chi connectivity index (χ4v) is 2.41. The van der Waals surface area contributed by atoms with Gasteiger partial charge in [0.05, 0.1) is 9.82 Å². The summed E-state index contributed by atoms with van der Waals surface area (Å²) >= 11 is 0. The lowest BCUT2D eigenvalue weighted by atomic mass is 10.3. The quantitative estimate of drug-likeness (QED) is 0.432. The van der Waals surface area contributed by atoms with Gasteiger partial charge in [-0.15, -0.1) is 0 Å². The number of nitrogens with one attached hydrogen (secondary N) is 1. The molecular formula is C10H16N4O4S. The first kappa shape index (κ1) is 15.3. The smallest absolute Gasteiger partial charge is 0.292 e. The zero-order chi connectivity index (χ0) is 14.6. The summed E-state index contributed by atoms with van der Waals surface area (Å²) in [6, 6.07) is 3.32. The van der Waals surface area contributed by atoms with Gasteiger partial charge in [-0.05, 0) is 26.2 Å². The van der Waals surface area contributed by atoms with Crippen LogP contribution >= 0.6 is 0 Å². The van der Waals surface area contributed by atoms with Crippen LogP contribution in [0.1, 0.15) is 0 Å². The molecule has 0 fully saturated rings. The molecule has 19 heavy (non-hydrogen) atoms. The average molecular weight is 288 g/mol. The van der Waals surface area contributed by atoms with E-state index in [1.807, 2.05) is 19.0 Å². The van der Waals surface area contributed by atoms with Crippen molar-refractivity contribution in [3.63, 3.8) is 0 Å². The van der Waals surface area contributed by atoms with Gasteiger partial charge in [0.2, 0.25) is 10.0 Å². The van der Waals surface area contributed by atoms with E-state index in [9.17, 15) is 18.5 Å². The summed E-state index contributed by atoms with van der Waals surface area (Å²) in [5.74, 6) is 0. The van der Waals surface area contributed by atoms with E-state index in [2.05, 4.69) is 4.72 Å². The Balaban J connectivity index is 2.90. The highest BCUT2D eigenvalue weighted by Crippen LogP contribution is 2.24. The van der Waals surface area contributed by atoms with Gasteiger partial charge in [-0.25, -0.2) is 13.1 Å². The highest BCUT2D eigenvalue weighted by molar-refractivity contribution is 7.89. The molecule has 1 aromatic carbocycles. The predicted octanol–water partition coefficient (Wildman–Crippen LogP) is 0.0169. The van der Waals surface area contributed by atoms with Gasteiger partial charge < -0.3 is 10.6 Å². The van der Waals surface area contributed by atoms with Crippen LogP contribution in [0.3, 0.4) is 0 Å². The SMILES string of the molecule is CN(C)CCNS(=O)(=O)c1ccc([N+](=O)[O-])c(N)c1. The molecule has 0 radical (unpaired) electrons. The van der Waals surface area contributed by atoms with E-state index in [4.69, 9.17) is 5.73 Å². The summed E-state index contributed by atoms with van der Waals surface area (Å²) in [4.78, 5) is 11.7. The number of anilines is 1. The Labute approximate surface area is 111 Å². The number of nitro benzene ring substituents is 1. The monoisotopic (exact) mass is 288 g/mol. The van der Waals surface area contributed by atoms with Crippen LogP contribution in [0.4, 0.5) is 11.4 Å². The number of sulfonamides is 1. The lowest BCUT2D eigenvalue weighted by Crippen LogP contribution is -2.31. The first-order valence-corrected chi connectivity index (χ1v) is 6.90. The molecule has 0 aliphatic carbocycles. The maximum absolute atomic E-state index is 11.9. The van der Waals surface area contributed by atoms with Crippen molar-refractivity contribution < 1.29 is 13.3 Å². The third-order valence-electron chi connectivity index (χ3n) is 2.36. The second-order valence-corrected chi connectivity index (χ2v) is 5.95. The van der Waals surface area contributed by atoms with E-state index in [1.54, 1.807) is 0 Å². The highest BCUT2D eigenvalue weighted by Gasteiger charge is 2.18. The number of hydrogen-bond acceptors (Lipinski definition) is 6. The highest BCUT2D eigenvalue weighted by atomic mass is 32.2. The van der Waals surface area contributed by atoms with Crippen LogP contribution in [0.25, 0.3) is 0 Å². The molecule has 0 heterocycles. The van der Waals surface area contributed by atoms with E-state index in [0.29, 0.717) is 6.54 Å². The number of nitrogens with zero attached hydrogens (tertiary/aromatic N) is 2. The number of rotatable bonds is 6. The molecule has 0 saturated heterocycles. The van der Waals surface area contributed by atoms with Gasteiger partial charge in [-0.3, -0.25) is 10.1 Å². The summed E-state index contributed by atoms with van der Waals surface area (Å²) in [5, 5.41) is 10.6. The number of nitrogen functional groups attached to an aromatic ring is 1. The summed E-state index contributed by atoms with van der Waals surface area (Å²) in [6.07, 6.45) is 0. The van der Waals surface area contributed by atoms with Gasteiger partial charge in [0.25, 0.3) is 5.69 Å². The van der Waals surface area contributed by atoms with Crippen LogP contribution in [0.2, 0.25) is 0 Å². The van der Waals surface area contributed by atoms with Crippen molar-refractivity contribution in [3.05, 3.63) is 28.3 Å². The van der Waals surface area contributed by atoms with E-state index in [1.165, 1.54) is 0 Å². The summed E-state index contributed by atoms with van der Waals surface area (Å²) in [5.41, 5.74) is 4.96. The molecule has 9 heteroatoms. The van der Waals surface area contributed by atoms with Gasteiger partial charge in [-0.2, -0.15) is 0 Å². The Kier molecular flexibility index (Phi) is 4.81. The zero-order valence-electron chi connectivity index (χ0n) is 10.7. The Morgan fingerprint density at radius 2 is 2.05 bits per heavy atom. The van der Waals surface area contributed by atoms with Crippen molar-refractivity contribution in [2.45, 2.75) is 4.90 Å². The molecule has 0 aliphatic heterocycles. The lowest BCUT2D eigenvalue weighted by molar-refractivity contribution is -0.383. The minimum Gasteiger partial charge on any atom is -0.393 e. The molecule has 0 unspecified atom stereocenters. The molecule has 1 aromatic rings. The van der Waals surface area contributed by atoms with Crippen molar-refractivity contribution in [2.75, 3.05) is 32.9 Å². The molecular weight excluding hydrogens is 272 g/mol. The normalized spacial score (nSPS) is 11.7. The van der Waals surface area contributed by atoms with Crippen molar-refractivity contribution >= 4 is 21.4 Å². The number of benzene rings is 1. The standard InChI is InChI=1S/C10H16N4O4S/c1-13(2)6-5-12-19(17,18)8-3-4-10(14(15)16)9(11)7-8/h3-4,7,12H,5-6,11H2,1-2H3. The molecule has 0 saturated carbocycles. The van der Waals surface area contributed by atoms with E-state index in [0.717, 1.165) is 18.2 Å². The number of hydrogen-bond donors (Lipinski definition) is 2. The number of likely N-dealkylation sites (N-methyl/N-ethyl adjacent to an activating group) is 1. The van der Waals surface area contributed by atoms with Crippen molar-refractivity contribution in [3.8, 4) is 0 Å². The minimum absolute atomic E-state index is 0.0886. The molecule has 1 rings (SSSR count). The molecule has 0 aliphatic rings. The summed E-state index contributed by atoms with van der Waals surface area (Å²) in [6.45, 7) is 0.786. The van der Waals surface area contributed by atoms with E-state index < -0.39 is 14.9 Å². The largest absolute Gasteiger partial charge is 0.393 e. The van der Waals surface area contributed by atoms with E-state index in [-0.39, 0.29) is 22.8 Å². The minimum atomic E-state index is -3.70. The Bertz CT molecular complexity index is 571. The van der Waals surface area contributed by atoms with Gasteiger partial charge >= 0.3 is 0 Å². The molecule has 8 nitrogen and oxygen atoms in total. The fourth-order valence-electron chi connectivity index (χ4n) is 1.35. The molecule has 106 valence electrons. The third kappa shape index (κ3) is 4.16. The maximum atomic E-state index is 11.9. The first-order chi connectivity index (χ1) is 8.74. The molecule has 0 atom stereocenters. The van der Waals surface area contributed by atoms with Crippen LogP contribution in [0, 0.1) is 10.1 Å². The zero-order valence-corrected chi connectivity index (χ0v) is 11.5. The van der Waals surface area contributed by atoms with Gasteiger partial charge in [0.1, 0.15) is 5.69 Å². The summed E-state index contributed by atoms with van der Waals surface area (Å²) in [7, 11) is -0.0649. The Hall–Kier alpha value is -1.71. The van der Waals surface area contributed by atoms with Gasteiger partial charge in [-0.1, -0.05) is 0 Å². The number of nitro groups is 1. The van der Waals surface area contributed by atoms with Crippen molar-refractivity contribution in [2.24, 2.45) is 0 Å². The number of nitrogens with two attached hydrogens (primary N) is 1. The van der Waals surface area contributed by atoms with Crippen LogP contribution in [-0.4, -0.2) is 45.4 Å². The first-order valence-electron chi connectivity index (χ1n) is 5.42.